The van der Waals surface area contributed by atoms with Crippen LogP contribution >= 0.6 is 0 Å². The molecule has 0 bridgehead atoms. The van der Waals surface area contributed by atoms with Crippen molar-refractivity contribution in [2.24, 2.45) is 0 Å². The highest BCUT2D eigenvalue weighted by atomic mass is 16.5. The van der Waals surface area contributed by atoms with E-state index in [1.54, 1.807) is 0 Å². The summed E-state index contributed by atoms with van der Waals surface area (Å²) in [6.45, 7) is 7.53. The van der Waals surface area contributed by atoms with Gasteiger partial charge in [-0.3, -0.25) is 4.79 Å². The Bertz CT molecular complexity index is 741. The molecule has 1 aliphatic rings. The van der Waals surface area contributed by atoms with Crippen LogP contribution in [-0.2, 0) is 11.3 Å². The molecular formula is C22H29N3O2. The van der Waals surface area contributed by atoms with Crippen LogP contribution in [0.25, 0.3) is 0 Å². The summed E-state index contributed by atoms with van der Waals surface area (Å²) in [6, 6.07) is 16.3. The lowest BCUT2D eigenvalue weighted by atomic mass is 10.0. The molecule has 144 valence electrons. The third-order valence-corrected chi connectivity index (χ3v) is 4.93. The second-order valence-electron chi connectivity index (χ2n) is 7.25. The largest absolute Gasteiger partial charge is 0.494 e. The Balaban J connectivity index is 1.50. The first-order valence-corrected chi connectivity index (χ1v) is 9.67. The van der Waals surface area contributed by atoms with Crippen molar-refractivity contribution in [3.63, 3.8) is 0 Å². The Hall–Kier alpha value is -2.37. The quantitative estimate of drug-likeness (QED) is 0.702. The molecule has 1 saturated heterocycles. The van der Waals surface area contributed by atoms with Gasteiger partial charge in [0.05, 0.1) is 6.61 Å². The number of amides is 1. The number of hydrogen-bond donors (Lipinski definition) is 3. The van der Waals surface area contributed by atoms with Crippen molar-refractivity contribution < 1.29 is 9.53 Å². The van der Waals surface area contributed by atoms with Gasteiger partial charge in [0.2, 0.25) is 5.91 Å². The maximum atomic E-state index is 12.5. The lowest BCUT2D eigenvalue weighted by molar-refractivity contribution is -0.123. The van der Waals surface area contributed by atoms with E-state index in [2.05, 4.69) is 54.3 Å². The highest BCUT2D eigenvalue weighted by Gasteiger charge is 2.29. The number of benzene rings is 2. The summed E-state index contributed by atoms with van der Waals surface area (Å²) in [4.78, 5) is 12.5. The van der Waals surface area contributed by atoms with Gasteiger partial charge < -0.3 is 10.1 Å². The SMILES string of the molecule is CCOc1ccc(C2CC(C(=O)NCc3ccc(C(C)C)cc3)NN2)cc1. The molecule has 3 N–H and O–H groups in total. The molecule has 0 saturated carbocycles. The van der Waals surface area contributed by atoms with E-state index in [0.717, 1.165) is 16.9 Å². The third-order valence-electron chi connectivity index (χ3n) is 4.93. The van der Waals surface area contributed by atoms with Gasteiger partial charge in [0.15, 0.2) is 0 Å². The first-order valence-electron chi connectivity index (χ1n) is 9.67. The van der Waals surface area contributed by atoms with E-state index in [1.807, 2.05) is 31.2 Å². The summed E-state index contributed by atoms with van der Waals surface area (Å²) in [5.41, 5.74) is 9.90. The van der Waals surface area contributed by atoms with Gasteiger partial charge in [0.1, 0.15) is 11.8 Å². The molecule has 1 fully saturated rings. The van der Waals surface area contributed by atoms with Gasteiger partial charge in [-0.1, -0.05) is 50.2 Å². The van der Waals surface area contributed by atoms with Gasteiger partial charge >= 0.3 is 0 Å². The Morgan fingerprint density at radius 2 is 1.81 bits per heavy atom. The zero-order chi connectivity index (χ0) is 19.2. The number of ether oxygens (including phenoxy) is 1. The zero-order valence-corrected chi connectivity index (χ0v) is 16.3. The second-order valence-corrected chi connectivity index (χ2v) is 7.25. The summed E-state index contributed by atoms with van der Waals surface area (Å²) in [6.07, 6.45) is 0.714. The van der Waals surface area contributed by atoms with Crippen LogP contribution in [-0.4, -0.2) is 18.6 Å². The molecule has 2 aromatic rings. The summed E-state index contributed by atoms with van der Waals surface area (Å²) < 4.78 is 5.48. The van der Waals surface area contributed by atoms with Crippen molar-refractivity contribution in [3.05, 3.63) is 65.2 Å². The predicted octanol–water partition coefficient (Wildman–Crippen LogP) is 3.43. The van der Waals surface area contributed by atoms with Crippen LogP contribution in [0.2, 0.25) is 0 Å². The molecule has 2 atom stereocenters. The van der Waals surface area contributed by atoms with E-state index < -0.39 is 0 Å². The second kappa shape index (κ2) is 9.02. The van der Waals surface area contributed by atoms with Crippen LogP contribution in [0.5, 0.6) is 5.75 Å². The average Bonchev–Trinajstić information content (AvgIpc) is 3.17. The summed E-state index contributed by atoms with van der Waals surface area (Å²) in [5, 5.41) is 3.03. The molecule has 0 aromatic heterocycles. The number of nitrogens with one attached hydrogen (secondary N) is 3. The van der Waals surface area contributed by atoms with E-state index in [-0.39, 0.29) is 18.0 Å². The molecule has 5 nitrogen and oxygen atoms in total. The summed E-state index contributed by atoms with van der Waals surface area (Å²) >= 11 is 0. The molecule has 1 amide bonds. The van der Waals surface area contributed by atoms with Gasteiger partial charge in [-0.15, -0.1) is 0 Å². The maximum Gasteiger partial charge on any atom is 0.238 e. The standard InChI is InChI=1S/C22H29N3O2/c1-4-27-19-11-9-18(10-12-19)20-13-21(25-24-20)22(26)23-14-16-5-7-17(8-6-16)15(2)3/h5-12,15,20-21,24-25H,4,13-14H2,1-3H3,(H,23,26). The van der Waals surface area contributed by atoms with Gasteiger partial charge in [-0.2, -0.15) is 0 Å². The van der Waals surface area contributed by atoms with Gasteiger partial charge in [-0.25, -0.2) is 10.9 Å². The predicted molar refractivity (Wildman–Crippen MR) is 107 cm³/mol. The Labute approximate surface area is 161 Å². The lowest BCUT2D eigenvalue weighted by Gasteiger charge is -2.12. The maximum absolute atomic E-state index is 12.5. The molecule has 0 aliphatic carbocycles. The van der Waals surface area contributed by atoms with E-state index >= 15 is 0 Å². The van der Waals surface area contributed by atoms with Gasteiger partial charge in [0.25, 0.3) is 0 Å². The van der Waals surface area contributed by atoms with Crippen LogP contribution in [0.15, 0.2) is 48.5 Å². The number of carbonyl (C=O) groups is 1. The van der Waals surface area contributed by atoms with Crippen molar-refractivity contribution in [2.45, 2.75) is 51.7 Å². The van der Waals surface area contributed by atoms with Crippen molar-refractivity contribution in [1.29, 1.82) is 0 Å². The van der Waals surface area contributed by atoms with Crippen molar-refractivity contribution in [3.8, 4) is 5.75 Å². The van der Waals surface area contributed by atoms with E-state index in [9.17, 15) is 4.79 Å². The highest BCUT2D eigenvalue weighted by molar-refractivity contribution is 5.82. The Morgan fingerprint density at radius 1 is 1.11 bits per heavy atom. The number of carbonyl (C=O) groups excluding carboxylic acids is 1. The number of rotatable bonds is 7. The molecular weight excluding hydrogens is 338 g/mol. The minimum atomic E-state index is -0.239. The van der Waals surface area contributed by atoms with Crippen molar-refractivity contribution in [1.82, 2.24) is 16.2 Å². The summed E-state index contributed by atoms with van der Waals surface area (Å²) in [5.74, 6) is 1.40. The topological polar surface area (TPSA) is 62.4 Å². The fraction of sp³-hybridized carbons (Fsp3) is 0.409. The Kier molecular flexibility index (Phi) is 6.48. The van der Waals surface area contributed by atoms with Crippen molar-refractivity contribution in [2.75, 3.05) is 6.61 Å². The van der Waals surface area contributed by atoms with Gasteiger partial charge in [0, 0.05) is 12.6 Å². The van der Waals surface area contributed by atoms with Crippen molar-refractivity contribution >= 4 is 5.91 Å². The molecule has 1 heterocycles. The molecule has 27 heavy (non-hydrogen) atoms. The first-order chi connectivity index (χ1) is 13.1. The van der Waals surface area contributed by atoms with Crippen LogP contribution in [0, 0.1) is 0 Å². The molecule has 3 rings (SSSR count). The van der Waals surface area contributed by atoms with Crippen LogP contribution in [0.4, 0.5) is 0 Å². The lowest BCUT2D eigenvalue weighted by Crippen LogP contribution is -2.42. The number of hydrazine groups is 1. The fourth-order valence-electron chi connectivity index (χ4n) is 3.24. The van der Waals surface area contributed by atoms with E-state index in [1.165, 1.54) is 5.56 Å². The average molecular weight is 367 g/mol. The highest BCUT2D eigenvalue weighted by Crippen LogP contribution is 2.24. The minimum absolute atomic E-state index is 0.0175. The number of hydrogen-bond acceptors (Lipinski definition) is 4. The zero-order valence-electron chi connectivity index (χ0n) is 16.3. The third kappa shape index (κ3) is 5.08. The van der Waals surface area contributed by atoms with Crippen LogP contribution in [0.3, 0.4) is 0 Å². The van der Waals surface area contributed by atoms with E-state index in [0.29, 0.717) is 25.5 Å². The van der Waals surface area contributed by atoms with Crippen LogP contribution in [0.1, 0.15) is 55.8 Å². The molecule has 5 heteroatoms. The first kappa shape index (κ1) is 19.4. The molecule has 2 aromatic carbocycles. The van der Waals surface area contributed by atoms with Crippen LogP contribution < -0.4 is 20.9 Å². The smallest absolute Gasteiger partial charge is 0.238 e. The normalized spacial score (nSPS) is 19.3. The minimum Gasteiger partial charge on any atom is -0.494 e. The van der Waals surface area contributed by atoms with E-state index in [4.69, 9.17) is 4.74 Å². The molecule has 0 radical (unpaired) electrons. The molecule has 0 spiro atoms. The summed E-state index contributed by atoms with van der Waals surface area (Å²) in [7, 11) is 0. The van der Waals surface area contributed by atoms with Gasteiger partial charge in [-0.05, 0) is 48.1 Å². The molecule has 1 aliphatic heterocycles. The Morgan fingerprint density at radius 3 is 2.44 bits per heavy atom. The monoisotopic (exact) mass is 367 g/mol. The molecule has 2 unspecified atom stereocenters. The fourth-order valence-corrected chi connectivity index (χ4v) is 3.24.